The fourth-order valence-electron chi connectivity index (χ4n) is 3.07. The number of benzene rings is 3. The Morgan fingerprint density at radius 3 is 2.38 bits per heavy atom. The van der Waals surface area contributed by atoms with E-state index in [-0.39, 0.29) is 6.61 Å². The Labute approximate surface area is 189 Å². The van der Waals surface area contributed by atoms with E-state index in [1.165, 1.54) is 12.1 Å². The van der Waals surface area contributed by atoms with E-state index in [0.29, 0.717) is 18.1 Å². The zero-order chi connectivity index (χ0) is 23.1. The van der Waals surface area contributed by atoms with Gasteiger partial charge in [0.15, 0.2) is 6.61 Å². The van der Waals surface area contributed by atoms with Gasteiger partial charge < -0.3 is 9.47 Å². The van der Waals surface area contributed by atoms with Crippen molar-refractivity contribution >= 4 is 17.7 Å². The van der Waals surface area contributed by atoms with Gasteiger partial charge in [-0.05, 0) is 66.4 Å². The summed E-state index contributed by atoms with van der Waals surface area (Å²) in [4.78, 5) is 12.5. The number of ether oxygens (including phenoxy) is 2. The molecule has 32 heavy (non-hydrogen) atoms. The first kappa shape index (κ1) is 23.7. The van der Waals surface area contributed by atoms with Crippen LogP contribution in [0.3, 0.4) is 0 Å². The third-order valence-electron chi connectivity index (χ3n) is 4.68. The Bertz CT molecular complexity index is 1060. The number of carbonyl (C=O) groups is 1. The second-order valence-electron chi connectivity index (χ2n) is 7.09. The molecule has 0 bridgehead atoms. The molecule has 0 heterocycles. The lowest BCUT2D eigenvalue weighted by molar-refractivity contribution is -0.145. The molecular formula is C25H23F3O3S. The van der Waals surface area contributed by atoms with Crippen molar-refractivity contribution in [3.05, 3.63) is 83.4 Å². The van der Waals surface area contributed by atoms with E-state index in [4.69, 9.17) is 9.47 Å². The summed E-state index contributed by atoms with van der Waals surface area (Å²) in [6.45, 7) is 3.85. The zero-order valence-corrected chi connectivity index (χ0v) is 18.6. The minimum absolute atomic E-state index is 0.127. The minimum atomic E-state index is -4.34. The molecule has 3 nitrogen and oxygen atoms in total. The van der Waals surface area contributed by atoms with Gasteiger partial charge in [-0.25, -0.2) is 4.79 Å². The highest BCUT2D eigenvalue weighted by Crippen LogP contribution is 2.32. The molecule has 3 rings (SSSR count). The Morgan fingerprint density at radius 2 is 1.72 bits per heavy atom. The van der Waals surface area contributed by atoms with Crippen LogP contribution in [0, 0.1) is 6.92 Å². The second-order valence-corrected chi connectivity index (χ2v) is 8.13. The third kappa shape index (κ3) is 6.53. The van der Waals surface area contributed by atoms with E-state index in [9.17, 15) is 18.0 Å². The summed E-state index contributed by atoms with van der Waals surface area (Å²) in [6.07, 6.45) is -4.34. The molecule has 0 N–H and O–H groups in total. The molecule has 168 valence electrons. The summed E-state index contributed by atoms with van der Waals surface area (Å²) < 4.78 is 48.7. The van der Waals surface area contributed by atoms with Crippen LogP contribution in [0.2, 0.25) is 0 Å². The van der Waals surface area contributed by atoms with Crippen LogP contribution in [0.25, 0.3) is 11.1 Å². The second kappa shape index (κ2) is 10.6. The number of rotatable bonds is 8. The highest BCUT2D eigenvalue weighted by Gasteiger charge is 2.29. The first-order valence-electron chi connectivity index (χ1n) is 10.0. The molecule has 0 radical (unpaired) electrons. The summed E-state index contributed by atoms with van der Waals surface area (Å²) in [5, 5.41) is 0. The van der Waals surface area contributed by atoms with Crippen molar-refractivity contribution in [3.63, 3.8) is 0 Å². The van der Waals surface area contributed by atoms with Crippen LogP contribution in [-0.4, -0.2) is 19.2 Å². The van der Waals surface area contributed by atoms with Gasteiger partial charge in [0.25, 0.3) is 0 Å². The normalized spacial score (nSPS) is 11.3. The van der Waals surface area contributed by atoms with Crippen LogP contribution in [0.15, 0.2) is 71.6 Å². The first-order chi connectivity index (χ1) is 15.3. The van der Waals surface area contributed by atoms with E-state index < -0.39 is 17.7 Å². The summed E-state index contributed by atoms with van der Waals surface area (Å²) in [5.74, 6) is 0.932. The number of hydrogen-bond acceptors (Lipinski definition) is 4. The van der Waals surface area contributed by atoms with E-state index in [1.54, 1.807) is 18.7 Å². The number of thioether (sulfide) groups is 1. The SMILES string of the molecule is CCOC(=O)COc1ccc(SCc2cccc(-c3ccc(C(F)(F)F)cc3)c2)cc1C. The van der Waals surface area contributed by atoms with Crippen LogP contribution < -0.4 is 4.74 Å². The molecule has 0 atom stereocenters. The summed E-state index contributed by atoms with van der Waals surface area (Å²) in [5.41, 5.74) is 2.93. The number of aryl methyl sites for hydroxylation is 1. The molecule has 0 saturated carbocycles. The molecule has 0 saturated heterocycles. The number of esters is 1. The highest BCUT2D eigenvalue weighted by molar-refractivity contribution is 7.98. The highest BCUT2D eigenvalue weighted by atomic mass is 32.2. The molecule has 7 heteroatoms. The molecule has 0 aromatic heterocycles. The molecule has 0 amide bonds. The van der Waals surface area contributed by atoms with Gasteiger partial charge in [-0.1, -0.05) is 36.4 Å². The number of hydrogen-bond donors (Lipinski definition) is 0. The summed E-state index contributed by atoms with van der Waals surface area (Å²) in [6, 6.07) is 18.7. The van der Waals surface area contributed by atoms with Gasteiger partial charge in [0, 0.05) is 10.6 Å². The van der Waals surface area contributed by atoms with Gasteiger partial charge in [-0.2, -0.15) is 13.2 Å². The maximum absolute atomic E-state index is 12.8. The Kier molecular flexibility index (Phi) is 7.85. The number of alkyl halides is 3. The van der Waals surface area contributed by atoms with Gasteiger partial charge in [0.1, 0.15) is 5.75 Å². The average molecular weight is 461 g/mol. The molecule has 3 aromatic rings. The zero-order valence-electron chi connectivity index (χ0n) is 17.7. The van der Waals surface area contributed by atoms with E-state index in [1.807, 2.05) is 49.4 Å². The van der Waals surface area contributed by atoms with E-state index in [0.717, 1.165) is 39.3 Å². The smallest absolute Gasteiger partial charge is 0.416 e. The molecule has 0 spiro atoms. The molecule has 0 aliphatic rings. The van der Waals surface area contributed by atoms with Crippen molar-refractivity contribution in [2.75, 3.05) is 13.2 Å². The topological polar surface area (TPSA) is 35.5 Å². The monoisotopic (exact) mass is 460 g/mol. The van der Waals surface area contributed by atoms with E-state index in [2.05, 4.69) is 0 Å². The standard InChI is InChI=1S/C25H23F3O3S/c1-3-30-24(29)15-31-23-12-11-22(13-17(23)2)32-16-18-5-4-6-20(14-18)19-7-9-21(10-8-19)25(26,27)28/h4-14H,3,15-16H2,1-2H3. The Morgan fingerprint density at radius 1 is 0.969 bits per heavy atom. The van der Waals surface area contributed by atoms with Crippen LogP contribution in [0.5, 0.6) is 5.75 Å². The number of halogens is 3. The largest absolute Gasteiger partial charge is 0.482 e. The van der Waals surface area contributed by atoms with Crippen LogP contribution in [0.4, 0.5) is 13.2 Å². The fourth-order valence-corrected chi connectivity index (χ4v) is 4.01. The molecule has 3 aromatic carbocycles. The predicted octanol–water partition coefficient (Wildman–Crippen LogP) is 6.92. The van der Waals surface area contributed by atoms with Crippen LogP contribution in [0.1, 0.15) is 23.6 Å². The van der Waals surface area contributed by atoms with Crippen molar-refractivity contribution in [2.45, 2.75) is 30.7 Å². The van der Waals surface area contributed by atoms with Gasteiger partial charge in [-0.15, -0.1) is 11.8 Å². The molecule has 0 fully saturated rings. The molecular weight excluding hydrogens is 437 g/mol. The van der Waals surface area contributed by atoms with Crippen molar-refractivity contribution in [1.82, 2.24) is 0 Å². The van der Waals surface area contributed by atoms with Crippen LogP contribution >= 0.6 is 11.8 Å². The quantitative estimate of drug-likeness (QED) is 0.270. The van der Waals surface area contributed by atoms with Crippen LogP contribution in [-0.2, 0) is 21.5 Å². The Balaban J connectivity index is 1.63. The van der Waals surface area contributed by atoms with Gasteiger partial charge >= 0.3 is 12.1 Å². The number of carbonyl (C=O) groups excluding carboxylic acids is 1. The van der Waals surface area contributed by atoms with Crippen molar-refractivity contribution in [1.29, 1.82) is 0 Å². The summed E-state index contributed by atoms with van der Waals surface area (Å²) >= 11 is 1.64. The van der Waals surface area contributed by atoms with E-state index >= 15 is 0 Å². The summed E-state index contributed by atoms with van der Waals surface area (Å²) in [7, 11) is 0. The van der Waals surface area contributed by atoms with Crippen molar-refractivity contribution < 1.29 is 27.4 Å². The van der Waals surface area contributed by atoms with Gasteiger partial charge in [0.2, 0.25) is 0 Å². The maximum Gasteiger partial charge on any atom is 0.416 e. The Hall–Kier alpha value is -2.93. The lowest BCUT2D eigenvalue weighted by Gasteiger charge is -2.11. The van der Waals surface area contributed by atoms with Gasteiger partial charge in [-0.3, -0.25) is 0 Å². The predicted molar refractivity (Wildman–Crippen MR) is 120 cm³/mol. The third-order valence-corrected chi connectivity index (χ3v) is 5.74. The lowest BCUT2D eigenvalue weighted by Crippen LogP contribution is -2.14. The van der Waals surface area contributed by atoms with Gasteiger partial charge in [0.05, 0.1) is 12.2 Å². The maximum atomic E-state index is 12.8. The lowest BCUT2D eigenvalue weighted by atomic mass is 10.0. The molecule has 0 aliphatic carbocycles. The van der Waals surface area contributed by atoms with Crippen molar-refractivity contribution in [3.8, 4) is 16.9 Å². The molecule has 0 unspecified atom stereocenters. The fraction of sp³-hybridized carbons (Fsp3) is 0.240. The molecule has 0 aliphatic heterocycles. The first-order valence-corrected chi connectivity index (χ1v) is 11.0. The van der Waals surface area contributed by atoms with Crippen molar-refractivity contribution in [2.24, 2.45) is 0 Å². The average Bonchev–Trinajstić information content (AvgIpc) is 2.77. The minimum Gasteiger partial charge on any atom is -0.482 e.